The van der Waals surface area contributed by atoms with Crippen LogP contribution >= 0.6 is 11.3 Å². The van der Waals surface area contributed by atoms with Gasteiger partial charge in [0.25, 0.3) is 5.91 Å². The highest BCUT2D eigenvalue weighted by Crippen LogP contribution is 2.20. The average molecular weight is 299 g/mol. The van der Waals surface area contributed by atoms with Gasteiger partial charge < -0.3 is 9.42 Å². The first kappa shape index (κ1) is 13.5. The highest BCUT2D eigenvalue weighted by atomic mass is 32.1. The number of benzene rings is 1. The van der Waals surface area contributed by atoms with Crippen molar-refractivity contribution in [2.24, 2.45) is 0 Å². The monoisotopic (exact) mass is 299 g/mol. The number of hydrogen-bond acceptors (Lipinski definition) is 5. The lowest BCUT2D eigenvalue weighted by Crippen LogP contribution is -2.30. The number of thiazole rings is 1. The maximum Gasteiger partial charge on any atom is 0.280 e. The molecule has 0 fully saturated rings. The Balaban J connectivity index is 1.94. The number of rotatable bonds is 4. The van der Waals surface area contributed by atoms with E-state index in [1.54, 1.807) is 23.4 Å². The van der Waals surface area contributed by atoms with Crippen LogP contribution in [-0.4, -0.2) is 16.0 Å². The van der Waals surface area contributed by atoms with E-state index in [1.807, 2.05) is 35.7 Å². The molecule has 0 atom stereocenters. The first-order chi connectivity index (χ1) is 10.2. The molecule has 0 radical (unpaired) electrons. The first-order valence-electron chi connectivity index (χ1n) is 6.41. The highest BCUT2D eigenvalue weighted by molar-refractivity contribution is 7.07. The van der Waals surface area contributed by atoms with Gasteiger partial charge in [0.05, 0.1) is 17.7 Å². The number of aromatic nitrogens is 2. The van der Waals surface area contributed by atoms with Crippen LogP contribution in [0.2, 0.25) is 0 Å². The third-order valence-electron chi connectivity index (χ3n) is 2.96. The van der Waals surface area contributed by atoms with Gasteiger partial charge in [-0.25, -0.2) is 4.98 Å². The number of para-hydroxylation sites is 1. The minimum Gasteiger partial charge on any atom is -0.361 e. The van der Waals surface area contributed by atoms with Crippen LogP contribution in [0.15, 0.2) is 51.8 Å². The van der Waals surface area contributed by atoms with E-state index in [0.29, 0.717) is 18.0 Å². The molecule has 0 saturated carbocycles. The van der Waals surface area contributed by atoms with Crippen molar-refractivity contribution in [3.63, 3.8) is 0 Å². The van der Waals surface area contributed by atoms with Crippen molar-refractivity contribution in [2.45, 2.75) is 13.5 Å². The van der Waals surface area contributed by atoms with Crippen molar-refractivity contribution in [2.75, 3.05) is 4.90 Å². The Morgan fingerprint density at radius 3 is 2.76 bits per heavy atom. The van der Waals surface area contributed by atoms with E-state index >= 15 is 0 Å². The number of aryl methyl sites for hydroxylation is 1. The maximum absolute atomic E-state index is 12.7. The molecule has 2 aromatic heterocycles. The Bertz CT molecular complexity index is 722. The van der Waals surface area contributed by atoms with E-state index in [-0.39, 0.29) is 5.91 Å². The van der Waals surface area contributed by atoms with Crippen molar-refractivity contribution in [1.82, 2.24) is 10.1 Å². The molecule has 0 spiro atoms. The lowest BCUT2D eigenvalue weighted by Gasteiger charge is -2.20. The number of carbonyl (C=O) groups excluding carboxylic acids is 1. The third-order valence-corrected chi connectivity index (χ3v) is 3.60. The average Bonchev–Trinajstić information content (AvgIpc) is 3.16. The largest absolute Gasteiger partial charge is 0.361 e. The zero-order chi connectivity index (χ0) is 14.7. The zero-order valence-corrected chi connectivity index (χ0v) is 12.2. The second-order valence-electron chi connectivity index (χ2n) is 4.53. The molecular weight excluding hydrogens is 286 g/mol. The summed E-state index contributed by atoms with van der Waals surface area (Å²) in [6, 6.07) is 11.1. The molecule has 0 saturated heterocycles. The molecule has 6 heteroatoms. The van der Waals surface area contributed by atoms with E-state index < -0.39 is 0 Å². The maximum atomic E-state index is 12.7. The van der Waals surface area contributed by atoms with Gasteiger partial charge in [0, 0.05) is 17.1 Å². The third kappa shape index (κ3) is 3.00. The van der Waals surface area contributed by atoms with Gasteiger partial charge in [0.1, 0.15) is 5.76 Å². The number of anilines is 1. The van der Waals surface area contributed by atoms with Crippen LogP contribution in [0.25, 0.3) is 0 Å². The van der Waals surface area contributed by atoms with Gasteiger partial charge in [0.2, 0.25) is 0 Å². The fourth-order valence-electron chi connectivity index (χ4n) is 1.97. The van der Waals surface area contributed by atoms with Crippen molar-refractivity contribution in [1.29, 1.82) is 0 Å². The number of amides is 1. The molecular formula is C15H13N3O2S. The standard InChI is InChI=1S/C15H13N3O2S/c1-11-7-14(17-20-11)15(19)18(8-12-9-21-10-16-12)13-5-3-2-4-6-13/h2-7,9-10H,8H2,1H3. The second-order valence-corrected chi connectivity index (χ2v) is 5.25. The normalized spacial score (nSPS) is 10.5. The summed E-state index contributed by atoms with van der Waals surface area (Å²) < 4.78 is 5.00. The summed E-state index contributed by atoms with van der Waals surface area (Å²) in [6.07, 6.45) is 0. The van der Waals surface area contributed by atoms with Crippen molar-refractivity contribution < 1.29 is 9.32 Å². The molecule has 3 rings (SSSR count). The summed E-state index contributed by atoms with van der Waals surface area (Å²) >= 11 is 1.51. The Kier molecular flexibility index (Phi) is 3.79. The molecule has 5 nitrogen and oxygen atoms in total. The van der Waals surface area contributed by atoms with Gasteiger partial charge in [0.15, 0.2) is 5.69 Å². The van der Waals surface area contributed by atoms with Gasteiger partial charge >= 0.3 is 0 Å². The van der Waals surface area contributed by atoms with E-state index in [1.165, 1.54) is 11.3 Å². The minimum absolute atomic E-state index is 0.203. The summed E-state index contributed by atoms with van der Waals surface area (Å²) in [5, 5.41) is 5.74. The molecule has 0 aliphatic carbocycles. The molecule has 0 unspecified atom stereocenters. The van der Waals surface area contributed by atoms with E-state index in [0.717, 1.165) is 11.4 Å². The van der Waals surface area contributed by atoms with Gasteiger partial charge in [-0.1, -0.05) is 23.4 Å². The number of hydrogen-bond donors (Lipinski definition) is 0. The molecule has 0 bridgehead atoms. The topological polar surface area (TPSA) is 59.2 Å². The summed E-state index contributed by atoms with van der Waals surface area (Å²) in [5.74, 6) is 0.408. The van der Waals surface area contributed by atoms with Gasteiger partial charge in [-0.2, -0.15) is 0 Å². The zero-order valence-electron chi connectivity index (χ0n) is 11.4. The molecule has 1 aromatic carbocycles. The van der Waals surface area contributed by atoms with Crippen LogP contribution in [0, 0.1) is 6.92 Å². The predicted molar refractivity (Wildman–Crippen MR) is 80.3 cm³/mol. The summed E-state index contributed by atoms with van der Waals surface area (Å²) in [6.45, 7) is 2.16. The van der Waals surface area contributed by atoms with Crippen molar-refractivity contribution >= 4 is 22.9 Å². The second kappa shape index (κ2) is 5.88. The molecule has 106 valence electrons. The van der Waals surface area contributed by atoms with Gasteiger partial charge in [-0.15, -0.1) is 11.3 Å². The highest BCUT2D eigenvalue weighted by Gasteiger charge is 2.21. The van der Waals surface area contributed by atoms with Crippen molar-refractivity contribution in [3.8, 4) is 0 Å². The van der Waals surface area contributed by atoms with Gasteiger partial charge in [-0.05, 0) is 19.1 Å². The number of nitrogens with zero attached hydrogens (tertiary/aromatic N) is 3. The molecule has 0 N–H and O–H groups in total. The number of carbonyl (C=O) groups is 1. The molecule has 0 aliphatic rings. The summed E-state index contributed by atoms with van der Waals surface area (Å²) in [5.41, 5.74) is 3.70. The smallest absolute Gasteiger partial charge is 0.280 e. The Hall–Kier alpha value is -2.47. The fraction of sp³-hybridized carbons (Fsp3) is 0.133. The lowest BCUT2D eigenvalue weighted by atomic mass is 10.2. The molecule has 2 heterocycles. The summed E-state index contributed by atoms with van der Waals surface area (Å²) in [4.78, 5) is 18.6. The Labute approximate surface area is 125 Å². The Morgan fingerprint density at radius 1 is 1.33 bits per heavy atom. The molecule has 3 aromatic rings. The van der Waals surface area contributed by atoms with Crippen LogP contribution in [0.5, 0.6) is 0 Å². The van der Waals surface area contributed by atoms with Crippen LogP contribution in [0.1, 0.15) is 21.9 Å². The predicted octanol–water partition coefficient (Wildman–Crippen LogP) is 3.29. The molecule has 1 amide bonds. The molecule has 21 heavy (non-hydrogen) atoms. The van der Waals surface area contributed by atoms with Crippen LogP contribution in [0.4, 0.5) is 5.69 Å². The van der Waals surface area contributed by atoms with Crippen LogP contribution in [0.3, 0.4) is 0 Å². The van der Waals surface area contributed by atoms with Crippen LogP contribution < -0.4 is 4.90 Å². The quantitative estimate of drug-likeness (QED) is 0.741. The van der Waals surface area contributed by atoms with Crippen molar-refractivity contribution in [3.05, 3.63) is 64.4 Å². The minimum atomic E-state index is -0.203. The Morgan fingerprint density at radius 2 is 2.14 bits per heavy atom. The van der Waals surface area contributed by atoms with Crippen LogP contribution in [-0.2, 0) is 6.54 Å². The lowest BCUT2D eigenvalue weighted by molar-refractivity contribution is 0.0976. The first-order valence-corrected chi connectivity index (χ1v) is 7.35. The molecule has 0 aliphatic heterocycles. The van der Waals surface area contributed by atoms with Gasteiger partial charge in [-0.3, -0.25) is 4.79 Å². The van der Waals surface area contributed by atoms with E-state index in [2.05, 4.69) is 10.1 Å². The summed E-state index contributed by atoms with van der Waals surface area (Å²) in [7, 11) is 0. The SMILES string of the molecule is Cc1cc(C(=O)N(Cc2cscn2)c2ccccc2)no1. The van der Waals surface area contributed by atoms with E-state index in [9.17, 15) is 4.79 Å². The fourth-order valence-corrected chi connectivity index (χ4v) is 2.52. The van der Waals surface area contributed by atoms with E-state index in [4.69, 9.17) is 4.52 Å².